The van der Waals surface area contributed by atoms with Crippen molar-refractivity contribution in [3.8, 4) is 40.0 Å². The SMILES string of the molecule is COc1cccc(-c2cc(-c3ccccc3)nc(SC/C([O-])=N/c3c[n+](C)no3)c2C#N)c1OC. The highest BCUT2D eigenvalue weighted by Crippen LogP contribution is 2.42. The Balaban J connectivity index is 1.82. The smallest absolute Gasteiger partial charge is 0.320 e. The minimum absolute atomic E-state index is 0.0426. The number of nitrogens with zero attached hydrogens (tertiary/aromatic N) is 5. The lowest BCUT2D eigenvalue weighted by molar-refractivity contribution is -0.739. The van der Waals surface area contributed by atoms with Gasteiger partial charge in [0.1, 0.15) is 11.1 Å². The van der Waals surface area contributed by atoms with Gasteiger partial charge >= 0.3 is 5.88 Å². The molecule has 0 aliphatic rings. The largest absolute Gasteiger partial charge is 0.861 e. The lowest BCUT2D eigenvalue weighted by Crippen LogP contribution is -2.27. The number of aromatic nitrogens is 3. The Labute approximate surface area is 206 Å². The van der Waals surface area contributed by atoms with Gasteiger partial charge in [0.2, 0.25) is 0 Å². The van der Waals surface area contributed by atoms with Crippen LogP contribution in [-0.2, 0) is 7.05 Å². The first-order chi connectivity index (χ1) is 17.0. The number of hydrogen-bond acceptors (Lipinski definition) is 9. The van der Waals surface area contributed by atoms with Crippen molar-refractivity contribution < 1.29 is 23.8 Å². The number of rotatable bonds is 8. The summed E-state index contributed by atoms with van der Waals surface area (Å²) in [6.07, 6.45) is 1.49. The predicted molar refractivity (Wildman–Crippen MR) is 128 cm³/mol. The van der Waals surface area contributed by atoms with Crippen molar-refractivity contribution in [3.63, 3.8) is 0 Å². The summed E-state index contributed by atoms with van der Waals surface area (Å²) in [5, 5.41) is 26.6. The molecule has 0 amide bonds. The maximum atomic E-state index is 12.5. The second-order valence-electron chi connectivity index (χ2n) is 7.26. The molecule has 0 bridgehead atoms. The second kappa shape index (κ2) is 10.7. The van der Waals surface area contributed by atoms with Crippen molar-refractivity contribution in [2.24, 2.45) is 12.0 Å². The summed E-state index contributed by atoms with van der Waals surface area (Å²) in [5.74, 6) is 0.653. The number of aliphatic imine (C=N–C) groups is 1. The van der Waals surface area contributed by atoms with Crippen LogP contribution in [0.25, 0.3) is 22.4 Å². The lowest BCUT2D eigenvalue weighted by Gasteiger charge is -2.17. The third-order valence-corrected chi connectivity index (χ3v) is 5.95. The van der Waals surface area contributed by atoms with E-state index in [1.54, 1.807) is 27.3 Å². The molecule has 0 atom stereocenters. The van der Waals surface area contributed by atoms with Gasteiger partial charge in [-0.15, -0.1) is 0 Å². The third kappa shape index (κ3) is 5.26. The molecular formula is C25H21N5O4S. The molecule has 0 fully saturated rings. The van der Waals surface area contributed by atoms with Crippen LogP contribution in [0, 0.1) is 11.3 Å². The molecule has 0 saturated heterocycles. The molecule has 0 unspecified atom stereocenters. The van der Waals surface area contributed by atoms with E-state index in [1.165, 1.54) is 10.9 Å². The van der Waals surface area contributed by atoms with Crippen molar-refractivity contribution in [2.45, 2.75) is 5.03 Å². The number of benzene rings is 2. The van der Waals surface area contributed by atoms with Crippen LogP contribution in [0.4, 0.5) is 5.88 Å². The number of methoxy groups -OCH3 is 2. The molecule has 0 N–H and O–H groups in total. The van der Waals surface area contributed by atoms with E-state index in [4.69, 9.17) is 19.0 Å². The van der Waals surface area contributed by atoms with Crippen molar-refractivity contribution in [2.75, 3.05) is 20.0 Å². The molecule has 0 aliphatic heterocycles. The van der Waals surface area contributed by atoms with Gasteiger partial charge in [-0.25, -0.2) is 9.98 Å². The van der Waals surface area contributed by atoms with Crippen LogP contribution >= 0.6 is 11.8 Å². The summed E-state index contributed by atoms with van der Waals surface area (Å²) in [7, 11) is 4.76. The molecule has 35 heavy (non-hydrogen) atoms. The van der Waals surface area contributed by atoms with E-state index in [0.717, 1.165) is 17.3 Å². The monoisotopic (exact) mass is 487 g/mol. The van der Waals surface area contributed by atoms with Crippen molar-refractivity contribution in [1.82, 2.24) is 10.3 Å². The van der Waals surface area contributed by atoms with Gasteiger partial charge in [0.25, 0.3) is 6.20 Å². The van der Waals surface area contributed by atoms with Crippen LogP contribution in [0.5, 0.6) is 11.5 Å². The van der Waals surface area contributed by atoms with Crippen molar-refractivity contribution in [1.29, 1.82) is 5.26 Å². The molecule has 2 aromatic heterocycles. The van der Waals surface area contributed by atoms with E-state index in [2.05, 4.69) is 16.3 Å². The first-order valence-corrected chi connectivity index (χ1v) is 11.4. The van der Waals surface area contributed by atoms with Crippen LogP contribution in [0.2, 0.25) is 0 Å². The van der Waals surface area contributed by atoms with Gasteiger partial charge in [-0.2, -0.15) is 5.26 Å². The Hall–Kier alpha value is -4.36. The predicted octanol–water partition coefficient (Wildman–Crippen LogP) is 3.30. The summed E-state index contributed by atoms with van der Waals surface area (Å²) >= 11 is 1.13. The molecule has 4 rings (SSSR count). The molecule has 0 aliphatic carbocycles. The van der Waals surface area contributed by atoms with Gasteiger partial charge in [0.15, 0.2) is 23.8 Å². The summed E-state index contributed by atoms with van der Waals surface area (Å²) in [5.41, 5.74) is 3.13. The van der Waals surface area contributed by atoms with Crippen LogP contribution in [-0.4, -0.2) is 36.1 Å². The molecule has 10 heteroatoms. The average molecular weight is 488 g/mol. The van der Waals surface area contributed by atoms with Gasteiger partial charge in [0.05, 0.1) is 25.5 Å². The van der Waals surface area contributed by atoms with Crippen LogP contribution in [0.15, 0.2) is 75.3 Å². The highest BCUT2D eigenvalue weighted by molar-refractivity contribution is 8.00. The molecule has 2 aromatic carbocycles. The molecule has 2 heterocycles. The molecule has 0 saturated carbocycles. The normalized spacial score (nSPS) is 11.2. The molecular weight excluding hydrogens is 466 g/mol. The van der Waals surface area contributed by atoms with Crippen LogP contribution in [0.3, 0.4) is 0 Å². The number of para-hydroxylation sites is 1. The average Bonchev–Trinajstić information content (AvgIpc) is 3.30. The molecule has 9 nitrogen and oxygen atoms in total. The highest BCUT2D eigenvalue weighted by atomic mass is 32.2. The van der Waals surface area contributed by atoms with Gasteiger partial charge in [-0.1, -0.05) is 58.9 Å². The first-order valence-electron chi connectivity index (χ1n) is 10.5. The standard InChI is InChI=1S/C25H21N5O4S/c1-30-14-23(34-29-30)28-22(31)15-35-25-19(13-26)18(12-20(27-25)16-8-5-4-6-9-16)17-10-7-11-21(32-2)24(17)33-3/h4-12,14H,15H2,1-3H3. The molecule has 4 aromatic rings. The van der Waals surface area contributed by atoms with E-state index in [-0.39, 0.29) is 11.6 Å². The zero-order valence-corrected chi connectivity index (χ0v) is 20.1. The van der Waals surface area contributed by atoms with Crippen molar-refractivity contribution in [3.05, 3.63) is 66.4 Å². The fourth-order valence-electron chi connectivity index (χ4n) is 3.45. The Bertz CT molecular complexity index is 1410. The maximum Gasteiger partial charge on any atom is 0.320 e. The fourth-order valence-corrected chi connectivity index (χ4v) is 4.24. The van der Waals surface area contributed by atoms with Gasteiger partial charge in [-0.3, -0.25) is 4.52 Å². The molecule has 0 radical (unpaired) electrons. The maximum absolute atomic E-state index is 12.5. The van der Waals surface area contributed by atoms with E-state index in [0.29, 0.717) is 38.9 Å². The van der Waals surface area contributed by atoms with Crippen LogP contribution < -0.4 is 19.3 Å². The zero-order valence-electron chi connectivity index (χ0n) is 19.3. The van der Waals surface area contributed by atoms with Gasteiger partial charge in [0, 0.05) is 22.4 Å². The lowest BCUT2D eigenvalue weighted by atomic mass is 9.98. The van der Waals surface area contributed by atoms with Gasteiger partial charge < -0.3 is 14.6 Å². The Morgan fingerprint density at radius 1 is 1.14 bits per heavy atom. The minimum Gasteiger partial charge on any atom is -0.861 e. The van der Waals surface area contributed by atoms with E-state index < -0.39 is 5.90 Å². The van der Waals surface area contributed by atoms with Crippen molar-refractivity contribution >= 4 is 23.5 Å². The number of thioether (sulfide) groups is 1. The molecule has 176 valence electrons. The van der Waals surface area contributed by atoms with E-state index >= 15 is 0 Å². The minimum atomic E-state index is -0.442. The number of hydrogen-bond donors (Lipinski definition) is 0. The summed E-state index contributed by atoms with van der Waals surface area (Å²) in [6.45, 7) is 0. The van der Waals surface area contributed by atoms with E-state index in [9.17, 15) is 10.4 Å². The number of aryl methyl sites for hydroxylation is 1. The van der Waals surface area contributed by atoms with E-state index in [1.807, 2.05) is 48.5 Å². The summed E-state index contributed by atoms with van der Waals surface area (Å²) < 4.78 is 17.4. The zero-order chi connectivity index (χ0) is 24.8. The number of ether oxygens (including phenoxy) is 2. The summed E-state index contributed by atoms with van der Waals surface area (Å²) in [6, 6.07) is 19.2. The quantitative estimate of drug-likeness (QED) is 0.161. The third-order valence-electron chi connectivity index (χ3n) is 4.99. The fraction of sp³-hybridized carbons (Fsp3) is 0.160. The Kier molecular flexibility index (Phi) is 7.28. The Morgan fingerprint density at radius 3 is 2.60 bits per heavy atom. The Morgan fingerprint density at radius 2 is 1.94 bits per heavy atom. The topological polar surface area (TPSA) is 120 Å². The molecule has 0 spiro atoms. The number of pyridine rings is 1. The second-order valence-corrected chi connectivity index (χ2v) is 8.23. The van der Waals surface area contributed by atoms with Gasteiger partial charge in [-0.05, 0) is 18.0 Å². The first kappa shape index (κ1) is 23.8. The highest BCUT2D eigenvalue weighted by Gasteiger charge is 2.20. The van der Waals surface area contributed by atoms with Crippen LogP contribution in [0.1, 0.15) is 5.56 Å². The number of nitriles is 1. The summed E-state index contributed by atoms with van der Waals surface area (Å²) in [4.78, 5) is 8.62.